The Morgan fingerprint density at radius 2 is 2.05 bits per heavy atom. The summed E-state index contributed by atoms with van der Waals surface area (Å²) in [6, 6.07) is 0. The fourth-order valence-electron chi connectivity index (χ4n) is 2.69. The topological polar surface area (TPSA) is 61.8 Å². The zero-order valence-electron chi connectivity index (χ0n) is 12.2. The first-order chi connectivity index (χ1) is 8.98. The lowest BCUT2D eigenvalue weighted by atomic mass is 9.80. The van der Waals surface area contributed by atoms with E-state index in [4.69, 9.17) is 0 Å². The van der Waals surface area contributed by atoms with Crippen LogP contribution < -0.4 is 0 Å². The van der Waals surface area contributed by atoms with E-state index in [1.54, 1.807) is 6.20 Å². The highest BCUT2D eigenvalue weighted by Crippen LogP contribution is 2.34. The fourth-order valence-corrected chi connectivity index (χ4v) is 2.69. The number of nitrogens with zero attached hydrogens (tertiary/aromatic N) is 2. The van der Waals surface area contributed by atoms with Gasteiger partial charge < -0.3 is 5.11 Å². The zero-order valence-corrected chi connectivity index (χ0v) is 12.2. The summed E-state index contributed by atoms with van der Waals surface area (Å²) in [6.45, 7) is 6.16. The van der Waals surface area contributed by atoms with Crippen molar-refractivity contribution < 1.29 is 5.11 Å². The summed E-state index contributed by atoms with van der Waals surface area (Å²) in [6.07, 6.45) is 9.81. The molecular formula is C15H25N3O. The van der Waals surface area contributed by atoms with Crippen LogP contribution in [0.15, 0.2) is 12.3 Å². The normalized spacial score (nSPS) is 20.5. The maximum atomic E-state index is 10.6. The van der Waals surface area contributed by atoms with Crippen LogP contribution in [0.2, 0.25) is 0 Å². The lowest BCUT2D eigenvalue weighted by molar-refractivity contribution is 0.113. The summed E-state index contributed by atoms with van der Waals surface area (Å²) in [4.78, 5) is 0. The lowest BCUT2D eigenvalue weighted by Crippen LogP contribution is -2.28. The molecule has 19 heavy (non-hydrogen) atoms. The summed E-state index contributed by atoms with van der Waals surface area (Å²) in [5.74, 6) is 0.573. The molecule has 0 radical (unpaired) electrons. The van der Waals surface area contributed by atoms with Crippen LogP contribution in [0.1, 0.15) is 58.6 Å². The Hall–Kier alpha value is -1.16. The number of aliphatic hydroxyl groups excluding tert-OH is 1. The minimum atomic E-state index is -0.503. The van der Waals surface area contributed by atoms with Gasteiger partial charge >= 0.3 is 0 Å². The second-order valence-electron chi connectivity index (χ2n) is 6.66. The van der Waals surface area contributed by atoms with Crippen molar-refractivity contribution in [3.63, 3.8) is 0 Å². The Labute approximate surface area is 115 Å². The molecule has 2 N–H and O–H groups in total. The molecule has 106 valence electrons. The molecule has 1 unspecified atom stereocenters. The summed E-state index contributed by atoms with van der Waals surface area (Å²) in [7, 11) is 0. The standard InChI is InChI=1S/C15H25N3O/c1-15(2,3)14(19)12(13-10-16-18-17-13)9-11-7-5-4-6-8-11/h9-11,14,19H,4-8H2,1-3H3,(H,16,17,18)/b12-9+. The third kappa shape index (κ3) is 3.66. The number of nitrogens with one attached hydrogen (secondary N) is 1. The van der Waals surface area contributed by atoms with Crippen molar-refractivity contribution in [3.05, 3.63) is 18.0 Å². The van der Waals surface area contributed by atoms with Gasteiger partial charge in [-0.25, -0.2) is 0 Å². The van der Waals surface area contributed by atoms with Crippen molar-refractivity contribution in [1.82, 2.24) is 15.4 Å². The van der Waals surface area contributed by atoms with Gasteiger partial charge in [-0.05, 0) is 24.2 Å². The average molecular weight is 263 g/mol. The number of allylic oxidation sites excluding steroid dienone is 1. The van der Waals surface area contributed by atoms with E-state index >= 15 is 0 Å². The molecule has 1 aliphatic carbocycles. The first-order valence-electron chi connectivity index (χ1n) is 7.24. The first kappa shape index (κ1) is 14.3. The molecular weight excluding hydrogens is 238 g/mol. The van der Waals surface area contributed by atoms with E-state index < -0.39 is 6.10 Å². The summed E-state index contributed by atoms with van der Waals surface area (Å²) < 4.78 is 0. The van der Waals surface area contributed by atoms with Gasteiger partial charge in [-0.2, -0.15) is 0 Å². The van der Waals surface area contributed by atoms with Crippen molar-refractivity contribution in [2.75, 3.05) is 0 Å². The van der Waals surface area contributed by atoms with Gasteiger partial charge in [-0.3, -0.25) is 5.10 Å². The summed E-state index contributed by atoms with van der Waals surface area (Å²) in [5, 5.41) is 21.1. The SMILES string of the molecule is CC(C)(C)C(O)/C(=C/C1CCCCC1)c1cnn[nH]1. The van der Waals surface area contributed by atoms with E-state index in [-0.39, 0.29) is 5.41 Å². The predicted octanol–water partition coefficient (Wildman–Crippen LogP) is 3.18. The van der Waals surface area contributed by atoms with E-state index in [0.717, 1.165) is 11.3 Å². The number of rotatable bonds is 3. The zero-order chi connectivity index (χ0) is 13.9. The quantitative estimate of drug-likeness (QED) is 0.880. The van der Waals surface area contributed by atoms with Crippen LogP contribution in [0, 0.1) is 11.3 Å². The van der Waals surface area contributed by atoms with Gasteiger partial charge in [0, 0.05) is 5.57 Å². The van der Waals surface area contributed by atoms with Crippen molar-refractivity contribution >= 4 is 5.57 Å². The Morgan fingerprint density at radius 3 is 2.58 bits per heavy atom. The Bertz CT molecular complexity index is 411. The van der Waals surface area contributed by atoms with Crippen molar-refractivity contribution in [2.45, 2.75) is 59.0 Å². The third-order valence-electron chi connectivity index (χ3n) is 3.91. The summed E-state index contributed by atoms with van der Waals surface area (Å²) >= 11 is 0. The van der Waals surface area contributed by atoms with Crippen LogP contribution in [0.3, 0.4) is 0 Å². The van der Waals surface area contributed by atoms with Gasteiger partial charge in [-0.15, -0.1) is 5.10 Å². The molecule has 1 heterocycles. The monoisotopic (exact) mass is 263 g/mol. The molecule has 1 aromatic rings. The van der Waals surface area contributed by atoms with Gasteiger partial charge in [0.05, 0.1) is 18.0 Å². The lowest BCUT2D eigenvalue weighted by Gasteiger charge is -2.29. The van der Waals surface area contributed by atoms with Crippen LogP contribution >= 0.6 is 0 Å². The van der Waals surface area contributed by atoms with E-state index in [2.05, 4.69) is 42.3 Å². The smallest absolute Gasteiger partial charge is 0.0856 e. The number of aromatic amines is 1. The minimum Gasteiger partial charge on any atom is -0.388 e. The van der Waals surface area contributed by atoms with Crippen LogP contribution in [-0.2, 0) is 0 Å². The number of H-pyrrole nitrogens is 1. The molecule has 2 rings (SSSR count). The number of aliphatic hydroxyl groups is 1. The van der Waals surface area contributed by atoms with Crippen LogP contribution in [0.4, 0.5) is 0 Å². The van der Waals surface area contributed by atoms with Crippen LogP contribution in [0.5, 0.6) is 0 Å². The predicted molar refractivity (Wildman–Crippen MR) is 76.4 cm³/mol. The maximum Gasteiger partial charge on any atom is 0.0856 e. The molecule has 1 aliphatic rings. The largest absolute Gasteiger partial charge is 0.388 e. The number of hydrogen-bond donors (Lipinski definition) is 2. The fraction of sp³-hybridized carbons (Fsp3) is 0.733. The molecule has 1 atom stereocenters. The molecule has 1 saturated carbocycles. The molecule has 0 aliphatic heterocycles. The molecule has 4 nitrogen and oxygen atoms in total. The van der Waals surface area contributed by atoms with Gasteiger partial charge in [0.2, 0.25) is 0 Å². The Kier molecular flexibility index (Phi) is 4.40. The second kappa shape index (κ2) is 5.87. The van der Waals surface area contributed by atoms with Crippen molar-refractivity contribution in [3.8, 4) is 0 Å². The molecule has 0 amide bonds. The molecule has 0 saturated heterocycles. The Balaban J connectivity index is 2.26. The molecule has 0 aromatic carbocycles. The van der Waals surface area contributed by atoms with E-state index in [0.29, 0.717) is 5.92 Å². The van der Waals surface area contributed by atoms with Gasteiger partial charge in [-0.1, -0.05) is 51.3 Å². The number of hydrogen-bond acceptors (Lipinski definition) is 3. The molecule has 0 spiro atoms. The maximum absolute atomic E-state index is 10.6. The van der Waals surface area contributed by atoms with Crippen LogP contribution in [-0.4, -0.2) is 26.6 Å². The third-order valence-corrected chi connectivity index (χ3v) is 3.91. The van der Waals surface area contributed by atoms with Crippen molar-refractivity contribution in [2.24, 2.45) is 11.3 Å². The first-order valence-corrected chi connectivity index (χ1v) is 7.24. The molecule has 1 aromatic heterocycles. The van der Waals surface area contributed by atoms with Gasteiger partial charge in [0.1, 0.15) is 0 Å². The highest BCUT2D eigenvalue weighted by Gasteiger charge is 2.28. The minimum absolute atomic E-state index is 0.189. The van der Waals surface area contributed by atoms with Gasteiger partial charge in [0.15, 0.2) is 0 Å². The summed E-state index contributed by atoms with van der Waals surface area (Å²) in [5.41, 5.74) is 1.60. The highest BCUT2D eigenvalue weighted by atomic mass is 16.3. The second-order valence-corrected chi connectivity index (χ2v) is 6.66. The van der Waals surface area contributed by atoms with E-state index in [1.807, 2.05) is 0 Å². The average Bonchev–Trinajstić information content (AvgIpc) is 2.89. The van der Waals surface area contributed by atoms with Crippen LogP contribution in [0.25, 0.3) is 5.57 Å². The van der Waals surface area contributed by atoms with Gasteiger partial charge in [0.25, 0.3) is 0 Å². The van der Waals surface area contributed by atoms with Crippen molar-refractivity contribution in [1.29, 1.82) is 0 Å². The molecule has 1 fully saturated rings. The molecule has 0 bridgehead atoms. The van der Waals surface area contributed by atoms with E-state index in [1.165, 1.54) is 32.1 Å². The Morgan fingerprint density at radius 1 is 1.37 bits per heavy atom. The number of aromatic nitrogens is 3. The highest BCUT2D eigenvalue weighted by molar-refractivity contribution is 5.66. The van der Waals surface area contributed by atoms with E-state index in [9.17, 15) is 5.11 Å². The molecule has 4 heteroatoms.